The highest BCUT2D eigenvalue weighted by Crippen LogP contribution is 2.21. The fourth-order valence-corrected chi connectivity index (χ4v) is 3.11. The van der Waals surface area contributed by atoms with Crippen LogP contribution in [0.15, 0.2) is 41.3 Å². The molecule has 0 saturated carbocycles. The van der Waals surface area contributed by atoms with Crippen LogP contribution < -0.4 is 15.2 Å². The monoisotopic (exact) mass is 382 g/mol. The molecule has 0 spiro atoms. The molecule has 6 nitrogen and oxygen atoms in total. The molecule has 0 bridgehead atoms. The Bertz CT molecular complexity index is 898. The minimum atomic E-state index is -3.91. The molecule has 0 radical (unpaired) electrons. The number of hydrogen-bond acceptors (Lipinski definition) is 4. The summed E-state index contributed by atoms with van der Waals surface area (Å²) in [5.41, 5.74) is 2.11. The van der Waals surface area contributed by atoms with E-state index in [1.165, 1.54) is 18.2 Å². The third kappa shape index (κ3) is 4.94. The Kier molecular flexibility index (Phi) is 6.05. The van der Waals surface area contributed by atoms with Crippen molar-refractivity contribution < 1.29 is 17.9 Å². The predicted molar refractivity (Wildman–Crippen MR) is 96.6 cm³/mol. The van der Waals surface area contributed by atoms with Crippen LogP contribution in [0.25, 0.3) is 0 Å². The van der Waals surface area contributed by atoms with E-state index in [-0.39, 0.29) is 15.5 Å². The smallest absolute Gasteiger partial charge is 0.252 e. The summed E-state index contributed by atoms with van der Waals surface area (Å²) >= 11 is 5.99. The van der Waals surface area contributed by atoms with Gasteiger partial charge in [0.1, 0.15) is 5.75 Å². The van der Waals surface area contributed by atoms with Crippen molar-refractivity contribution in [1.29, 1.82) is 0 Å². The lowest BCUT2D eigenvalue weighted by Gasteiger charge is -2.11. The molecule has 0 fully saturated rings. The van der Waals surface area contributed by atoms with Gasteiger partial charge in [-0.2, -0.15) is 0 Å². The van der Waals surface area contributed by atoms with Crippen molar-refractivity contribution in [2.45, 2.75) is 18.2 Å². The van der Waals surface area contributed by atoms with Gasteiger partial charge in [0.2, 0.25) is 10.0 Å². The summed E-state index contributed by atoms with van der Waals surface area (Å²) < 4.78 is 28.1. The van der Waals surface area contributed by atoms with E-state index in [4.69, 9.17) is 21.5 Å². The van der Waals surface area contributed by atoms with E-state index in [9.17, 15) is 13.2 Å². The molecule has 0 saturated heterocycles. The van der Waals surface area contributed by atoms with Gasteiger partial charge in [0.05, 0.1) is 22.6 Å². The summed E-state index contributed by atoms with van der Waals surface area (Å²) in [5, 5.41) is 7.96. The molecule has 3 N–H and O–H groups in total. The Morgan fingerprint density at radius 3 is 2.60 bits per heavy atom. The van der Waals surface area contributed by atoms with Gasteiger partial charge in [-0.25, -0.2) is 13.6 Å². The number of aryl methyl sites for hydroxylation is 1. The number of nitrogens with one attached hydrogen (secondary N) is 1. The molecule has 0 aliphatic rings. The van der Waals surface area contributed by atoms with Gasteiger partial charge in [-0.1, -0.05) is 29.3 Å². The van der Waals surface area contributed by atoms with Gasteiger partial charge in [0.25, 0.3) is 5.91 Å². The highest BCUT2D eigenvalue weighted by atomic mass is 35.5. The average Bonchev–Trinajstić information content (AvgIpc) is 2.54. The molecule has 8 heteroatoms. The van der Waals surface area contributed by atoms with Gasteiger partial charge in [0.15, 0.2) is 0 Å². The molecular formula is C17H19ClN2O4S. The van der Waals surface area contributed by atoms with Gasteiger partial charge < -0.3 is 10.1 Å². The fraction of sp³-hybridized carbons (Fsp3) is 0.235. The molecule has 2 aromatic rings. The van der Waals surface area contributed by atoms with Crippen LogP contribution in [0.4, 0.5) is 0 Å². The molecule has 0 aliphatic heterocycles. The molecule has 0 heterocycles. The average molecular weight is 383 g/mol. The molecular weight excluding hydrogens is 364 g/mol. The Hall–Kier alpha value is -2.09. The molecule has 2 aromatic carbocycles. The second-order valence-electron chi connectivity index (χ2n) is 5.51. The lowest BCUT2D eigenvalue weighted by Crippen LogP contribution is -2.26. The first-order valence-corrected chi connectivity index (χ1v) is 9.39. The number of benzene rings is 2. The van der Waals surface area contributed by atoms with E-state index < -0.39 is 15.9 Å². The summed E-state index contributed by atoms with van der Waals surface area (Å²) in [6.45, 7) is 2.31. The first-order valence-electron chi connectivity index (χ1n) is 7.46. The van der Waals surface area contributed by atoms with Gasteiger partial charge in [-0.15, -0.1) is 0 Å². The minimum Gasteiger partial charge on any atom is -0.496 e. The van der Waals surface area contributed by atoms with Crippen LogP contribution in [0.3, 0.4) is 0 Å². The number of halogens is 1. The summed E-state index contributed by atoms with van der Waals surface area (Å²) in [6.07, 6.45) is 0.559. The molecule has 0 aliphatic carbocycles. The van der Waals surface area contributed by atoms with Gasteiger partial charge in [-0.05, 0) is 43.2 Å². The van der Waals surface area contributed by atoms with Crippen LogP contribution in [0.1, 0.15) is 21.5 Å². The Morgan fingerprint density at radius 1 is 1.24 bits per heavy atom. The third-order valence-corrected chi connectivity index (χ3v) is 4.87. The van der Waals surface area contributed by atoms with E-state index in [0.717, 1.165) is 16.9 Å². The molecule has 25 heavy (non-hydrogen) atoms. The van der Waals surface area contributed by atoms with Crippen LogP contribution in [-0.2, 0) is 16.4 Å². The minimum absolute atomic E-state index is 0.0596. The van der Waals surface area contributed by atoms with Gasteiger partial charge >= 0.3 is 0 Å². The molecule has 2 rings (SSSR count). The van der Waals surface area contributed by atoms with Crippen LogP contribution in [-0.4, -0.2) is 28.0 Å². The SMILES string of the molecule is COc1ccc(C)cc1CCNC(=O)c1cc(S(N)(=O)=O)ccc1Cl. The molecule has 1 amide bonds. The van der Waals surface area contributed by atoms with Crippen LogP contribution in [0.5, 0.6) is 5.75 Å². The quantitative estimate of drug-likeness (QED) is 0.800. The maximum absolute atomic E-state index is 12.3. The number of ether oxygens (including phenoxy) is 1. The number of carbonyl (C=O) groups excluding carboxylic acids is 1. The van der Waals surface area contributed by atoms with Crippen molar-refractivity contribution in [3.63, 3.8) is 0 Å². The first kappa shape index (κ1) is 19.2. The standard InChI is InChI=1S/C17H19ClN2O4S/c1-11-3-6-16(24-2)12(9-11)7-8-20-17(21)14-10-13(25(19,22)23)4-5-15(14)18/h3-6,9-10H,7-8H2,1-2H3,(H,20,21)(H2,19,22,23). The van der Waals surface area contributed by atoms with E-state index >= 15 is 0 Å². The molecule has 134 valence electrons. The number of sulfonamides is 1. The third-order valence-electron chi connectivity index (χ3n) is 3.63. The van der Waals surface area contributed by atoms with E-state index in [0.29, 0.717) is 13.0 Å². The second kappa shape index (κ2) is 7.86. The van der Waals surface area contributed by atoms with Crippen LogP contribution in [0.2, 0.25) is 5.02 Å². The summed E-state index contributed by atoms with van der Waals surface area (Å²) in [6, 6.07) is 9.56. The highest BCUT2D eigenvalue weighted by molar-refractivity contribution is 7.89. The topological polar surface area (TPSA) is 98.5 Å². The Morgan fingerprint density at radius 2 is 1.96 bits per heavy atom. The zero-order valence-electron chi connectivity index (χ0n) is 13.9. The largest absolute Gasteiger partial charge is 0.496 e. The predicted octanol–water partition coefficient (Wildman–Crippen LogP) is 2.28. The van der Waals surface area contributed by atoms with E-state index in [2.05, 4.69) is 5.32 Å². The van der Waals surface area contributed by atoms with Crippen molar-refractivity contribution in [3.05, 3.63) is 58.1 Å². The fourth-order valence-electron chi connectivity index (χ4n) is 2.36. The van der Waals surface area contributed by atoms with Crippen LogP contribution in [0, 0.1) is 6.92 Å². The van der Waals surface area contributed by atoms with Gasteiger partial charge in [-0.3, -0.25) is 4.79 Å². The number of methoxy groups -OCH3 is 1. The van der Waals surface area contributed by atoms with E-state index in [1.807, 2.05) is 25.1 Å². The maximum atomic E-state index is 12.3. The maximum Gasteiger partial charge on any atom is 0.252 e. The first-order chi connectivity index (χ1) is 11.7. The highest BCUT2D eigenvalue weighted by Gasteiger charge is 2.15. The Balaban J connectivity index is 2.10. The number of rotatable bonds is 6. The van der Waals surface area contributed by atoms with Gasteiger partial charge in [0, 0.05) is 6.54 Å². The zero-order chi connectivity index (χ0) is 18.6. The Labute approximate surface area is 152 Å². The van der Waals surface area contributed by atoms with Crippen molar-refractivity contribution in [2.24, 2.45) is 5.14 Å². The summed E-state index contributed by atoms with van der Waals surface area (Å²) in [4.78, 5) is 12.1. The van der Waals surface area contributed by atoms with Crippen molar-refractivity contribution >= 4 is 27.5 Å². The van der Waals surface area contributed by atoms with E-state index in [1.54, 1.807) is 7.11 Å². The number of nitrogens with two attached hydrogens (primary N) is 1. The molecule has 0 unspecified atom stereocenters. The molecule has 0 atom stereocenters. The van der Waals surface area contributed by atoms with Crippen molar-refractivity contribution in [1.82, 2.24) is 5.32 Å². The van der Waals surface area contributed by atoms with Crippen LogP contribution >= 0.6 is 11.6 Å². The summed E-state index contributed by atoms with van der Waals surface area (Å²) in [7, 11) is -2.32. The van der Waals surface area contributed by atoms with Crippen molar-refractivity contribution in [3.8, 4) is 5.75 Å². The number of primary sulfonamides is 1. The lowest BCUT2D eigenvalue weighted by molar-refractivity contribution is 0.0954. The number of hydrogen-bond donors (Lipinski definition) is 2. The second-order valence-corrected chi connectivity index (χ2v) is 7.48. The number of carbonyl (C=O) groups is 1. The molecule has 0 aromatic heterocycles. The number of amides is 1. The lowest BCUT2D eigenvalue weighted by atomic mass is 10.1. The van der Waals surface area contributed by atoms with Crippen molar-refractivity contribution in [2.75, 3.05) is 13.7 Å². The normalized spacial score (nSPS) is 11.2. The summed E-state index contributed by atoms with van der Waals surface area (Å²) in [5.74, 6) is 0.274. The zero-order valence-corrected chi connectivity index (χ0v) is 15.4.